The van der Waals surface area contributed by atoms with Crippen LogP contribution in [0, 0.1) is 0 Å². The number of nitrogens with zero attached hydrogens (tertiary/aromatic N) is 3. The summed E-state index contributed by atoms with van der Waals surface area (Å²) in [6.45, 7) is 0. The number of para-hydroxylation sites is 1. The number of rotatable bonds is 2. The molecule has 0 saturated carbocycles. The number of aromatic nitrogens is 3. The molecule has 2 heterocycles. The summed E-state index contributed by atoms with van der Waals surface area (Å²) in [4.78, 5) is 20.4. The maximum Gasteiger partial charge on any atom is 0.411 e. The summed E-state index contributed by atoms with van der Waals surface area (Å²) in [6.07, 6.45) is 3.04. The Labute approximate surface area is 121 Å². The van der Waals surface area contributed by atoms with Gasteiger partial charge >= 0.3 is 6.09 Å². The molecule has 0 radical (unpaired) electrons. The number of benzene rings is 1. The lowest BCUT2D eigenvalue weighted by Crippen LogP contribution is -2.11. The Kier molecular flexibility index (Phi) is 3.27. The molecule has 0 aliphatic rings. The van der Waals surface area contributed by atoms with Crippen LogP contribution >= 0.6 is 0 Å². The normalized spacial score (nSPS) is 10.6. The Morgan fingerprint density at radius 1 is 1.33 bits per heavy atom. The number of nitrogens with one attached hydrogen (secondary N) is 1. The third-order valence-corrected chi connectivity index (χ3v) is 3.19. The molecule has 3 aromatic rings. The van der Waals surface area contributed by atoms with Crippen LogP contribution in [0.4, 0.5) is 10.5 Å². The lowest BCUT2D eigenvalue weighted by atomic mass is 10.1. The molecule has 0 saturated heterocycles. The fourth-order valence-corrected chi connectivity index (χ4v) is 2.17. The quantitative estimate of drug-likeness (QED) is 0.784. The van der Waals surface area contributed by atoms with Crippen LogP contribution in [0.3, 0.4) is 0 Å². The van der Waals surface area contributed by atoms with Gasteiger partial charge in [0.15, 0.2) is 5.82 Å². The molecule has 0 atom stereocenters. The fourth-order valence-electron chi connectivity index (χ4n) is 2.17. The second-order valence-electron chi connectivity index (χ2n) is 4.55. The minimum atomic E-state index is -0.517. The molecule has 0 fully saturated rings. The first-order chi connectivity index (χ1) is 10.2. The average Bonchev–Trinajstić information content (AvgIpc) is 2.93. The second kappa shape index (κ2) is 5.24. The van der Waals surface area contributed by atoms with Gasteiger partial charge in [-0.2, -0.15) is 0 Å². The van der Waals surface area contributed by atoms with Crippen molar-refractivity contribution in [2.45, 2.75) is 0 Å². The van der Waals surface area contributed by atoms with Gasteiger partial charge < -0.3 is 9.30 Å². The first-order valence-corrected chi connectivity index (χ1v) is 6.41. The van der Waals surface area contributed by atoms with Gasteiger partial charge in [0.2, 0.25) is 0 Å². The zero-order chi connectivity index (χ0) is 14.8. The number of aryl methyl sites for hydroxylation is 1. The number of pyridine rings is 1. The molecule has 6 heteroatoms. The van der Waals surface area contributed by atoms with Crippen LogP contribution in [-0.2, 0) is 11.8 Å². The largest absolute Gasteiger partial charge is 0.453 e. The molecule has 1 amide bonds. The smallest absolute Gasteiger partial charge is 0.411 e. The van der Waals surface area contributed by atoms with Gasteiger partial charge in [0.25, 0.3) is 0 Å². The molecule has 106 valence electrons. The van der Waals surface area contributed by atoms with Crippen LogP contribution in [0.25, 0.3) is 22.4 Å². The first-order valence-electron chi connectivity index (χ1n) is 6.41. The van der Waals surface area contributed by atoms with Gasteiger partial charge in [0.05, 0.1) is 18.3 Å². The molecule has 0 bridgehead atoms. The number of imidazole rings is 1. The summed E-state index contributed by atoms with van der Waals surface area (Å²) in [5, 5.41) is 3.57. The third kappa shape index (κ3) is 2.43. The van der Waals surface area contributed by atoms with E-state index in [0.717, 1.165) is 16.7 Å². The van der Waals surface area contributed by atoms with Crippen LogP contribution in [0.1, 0.15) is 0 Å². The van der Waals surface area contributed by atoms with E-state index in [1.807, 2.05) is 42.1 Å². The van der Waals surface area contributed by atoms with E-state index in [4.69, 9.17) is 0 Å². The van der Waals surface area contributed by atoms with Crippen molar-refractivity contribution in [3.63, 3.8) is 0 Å². The minimum absolute atomic E-state index is 0.517. The number of carbonyl (C=O) groups excluding carboxylic acids is 1. The molecule has 0 aliphatic heterocycles. The van der Waals surface area contributed by atoms with Crippen LogP contribution < -0.4 is 5.32 Å². The van der Waals surface area contributed by atoms with Crippen molar-refractivity contribution in [3.8, 4) is 11.5 Å². The van der Waals surface area contributed by atoms with E-state index in [0.29, 0.717) is 11.4 Å². The summed E-state index contributed by atoms with van der Waals surface area (Å²) >= 11 is 0. The number of hydrogen-bond acceptors (Lipinski definition) is 4. The average molecular weight is 282 g/mol. The Morgan fingerprint density at radius 2 is 2.14 bits per heavy atom. The number of anilines is 1. The molecule has 1 aromatic carbocycles. The van der Waals surface area contributed by atoms with E-state index >= 15 is 0 Å². The van der Waals surface area contributed by atoms with Crippen LogP contribution in [-0.4, -0.2) is 27.7 Å². The van der Waals surface area contributed by atoms with Gasteiger partial charge in [-0.15, -0.1) is 0 Å². The maximum atomic E-state index is 11.5. The minimum Gasteiger partial charge on any atom is -0.453 e. The lowest BCUT2D eigenvalue weighted by molar-refractivity contribution is 0.187. The van der Waals surface area contributed by atoms with Gasteiger partial charge in [-0.05, 0) is 12.1 Å². The number of amides is 1. The predicted molar refractivity (Wildman–Crippen MR) is 80.0 cm³/mol. The highest BCUT2D eigenvalue weighted by Crippen LogP contribution is 2.27. The first kappa shape index (κ1) is 13.1. The summed E-state index contributed by atoms with van der Waals surface area (Å²) in [7, 11) is 3.23. The topological polar surface area (TPSA) is 69.0 Å². The van der Waals surface area contributed by atoms with Crippen molar-refractivity contribution in [3.05, 3.63) is 42.7 Å². The number of fused-ring (bicyclic) bond motifs is 1. The second-order valence-corrected chi connectivity index (χ2v) is 4.55. The number of ether oxygens (including phenoxy) is 1. The molecule has 21 heavy (non-hydrogen) atoms. The van der Waals surface area contributed by atoms with Crippen LogP contribution in [0.15, 0.2) is 42.7 Å². The molecule has 3 rings (SSSR count). The van der Waals surface area contributed by atoms with E-state index < -0.39 is 6.09 Å². The monoisotopic (exact) mass is 282 g/mol. The Bertz CT molecular complexity index is 810. The molecular weight excluding hydrogens is 268 g/mol. The SMILES string of the molecule is COC(=O)Nc1cc(-c2nccn2C)nc2ccccc12. The van der Waals surface area contributed by atoms with Gasteiger partial charge in [-0.1, -0.05) is 18.2 Å². The van der Waals surface area contributed by atoms with E-state index in [1.165, 1.54) is 7.11 Å². The lowest BCUT2D eigenvalue weighted by Gasteiger charge is -2.10. The van der Waals surface area contributed by atoms with E-state index in [-0.39, 0.29) is 0 Å². The highest BCUT2D eigenvalue weighted by Gasteiger charge is 2.12. The Hall–Kier alpha value is -2.89. The summed E-state index contributed by atoms with van der Waals surface area (Å²) in [5.74, 6) is 0.730. The Morgan fingerprint density at radius 3 is 2.86 bits per heavy atom. The molecule has 6 nitrogen and oxygen atoms in total. The van der Waals surface area contributed by atoms with E-state index in [9.17, 15) is 4.79 Å². The summed E-state index contributed by atoms with van der Waals surface area (Å²) in [5.41, 5.74) is 2.11. The Balaban J connectivity index is 2.19. The molecule has 2 aromatic heterocycles. The van der Waals surface area contributed by atoms with Gasteiger partial charge in [0, 0.05) is 24.8 Å². The predicted octanol–water partition coefficient (Wildman–Crippen LogP) is 2.81. The van der Waals surface area contributed by atoms with Crippen molar-refractivity contribution in [2.24, 2.45) is 7.05 Å². The molecule has 0 unspecified atom stereocenters. The highest BCUT2D eigenvalue weighted by atomic mass is 16.5. The molecule has 1 N–H and O–H groups in total. The van der Waals surface area contributed by atoms with Crippen LogP contribution in [0.5, 0.6) is 0 Å². The zero-order valence-electron chi connectivity index (χ0n) is 11.7. The van der Waals surface area contributed by atoms with Crippen LogP contribution in [0.2, 0.25) is 0 Å². The van der Waals surface area contributed by atoms with E-state index in [1.54, 1.807) is 12.3 Å². The fraction of sp³-hybridized carbons (Fsp3) is 0.133. The molecule has 0 spiro atoms. The van der Waals surface area contributed by atoms with Gasteiger partial charge in [0.1, 0.15) is 5.69 Å². The van der Waals surface area contributed by atoms with Crippen molar-refractivity contribution in [1.82, 2.24) is 14.5 Å². The number of methoxy groups -OCH3 is 1. The summed E-state index contributed by atoms with van der Waals surface area (Å²) in [6, 6.07) is 9.38. The standard InChI is InChI=1S/C15H14N4O2/c1-19-8-7-16-14(19)13-9-12(18-15(20)21-2)10-5-3-4-6-11(10)17-13/h3-9H,1-2H3,(H,17,18,20). The van der Waals surface area contributed by atoms with E-state index in [2.05, 4.69) is 20.0 Å². The summed E-state index contributed by atoms with van der Waals surface area (Å²) < 4.78 is 6.54. The zero-order valence-corrected chi connectivity index (χ0v) is 11.7. The number of hydrogen-bond donors (Lipinski definition) is 1. The van der Waals surface area contributed by atoms with Crippen molar-refractivity contribution >= 4 is 22.7 Å². The van der Waals surface area contributed by atoms with Crippen molar-refractivity contribution in [2.75, 3.05) is 12.4 Å². The number of carbonyl (C=O) groups is 1. The van der Waals surface area contributed by atoms with Crippen molar-refractivity contribution < 1.29 is 9.53 Å². The van der Waals surface area contributed by atoms with Gasteiger partial charge in [-0.25, -0.2) is 14.8 Å². The van der Waals surface area contributed by atoms with Crippen molar-refractivity contribution in [1.29, 1.82) is 0 Å². The molecule has 0 aliphatic carbocycles. The highest BCUT2D eigenvalue weighted by molar-refractivity contribution is 5.99. The van der Waals surface area contributed by atoms with Gasteiger partial charge in [-0.3, -0.25) is 5.32 Å². The maximum absolute atomic E-state index is 11.5. The third-order valence-electron chi connectivity index (χ3n) is 3.19. The molecular formula is C15H14N4O2.